The molecule has 2 saturated heterocycles. The first-order chi connectivity index (χ1) is 8.52. The van der Waals surface area contributed by atoms with Gasteiger partial charge in [0.1, 0.15) is 6.10 Å². The Balaban J connectivity index is 1.85. The van der Waals surface area contributed by atoms with Crippen LogP contribution in [-0.2, 0) is 9.47 Å². The summed E-state index contributed by atoms with van der Waals surface area (Å²) < 4.78 is 11.5. The maximum Gasteiger partial charge on any atom is 0.166 e. The van der Waals surface area contributed by atoms with Gasteiger partial charge in [0.15, 0.2) is 5.79 Å². The van der Waals surface area contributed by atoms with Crippen molar-refractivity contribution in [2.75, 3.05) is 26.3 Å². The summed E-state index contributed by atoms with van der Waals surface area (Å²) in [6.45, 7) is 9.46. The molecule has 0 radical (unpaired) electrons. The van der Waals surface area contributed by atoms with Crippen molar-refractivity contribution in [2.24, 2.45) is 5.92 Å². The van der Waals surface area contributed by atoms with Crippen molar-refractivity contribution in [3.8, 4) is 0 Å². The summed E-state index contributed by atoms with van der Waals surface area (Å²) in [6.07, 6.45) is 3.32. The zero-order valence-electron chi connectivity index (χ0n) is 11.9. The molecule has 2 heterocycles. The second kappa shape index (κ2) is 5.87. The van der Waals surface area contributed by atoms with E-state index >= 15 is 0 Å². The zero-order chi connectivity index (χ0) is 13.2. The number of ether oxygens (including phenoxy) is 2. The predicted octanol–water partition coefficient (Wildman–Crippen LogP) is 1.62. The van der Waals surface area contributed by atoms with Crippen molar-refractivity contribution in [3.63, 3.8) is 0 Å². The fourth-order valence-electron chi connectivity index (χ4n) is 3.14. The lowest BCUT2D eigenvalue weighted by Crippen LogP contribution is -2.42. The first kappa shape index (κ1) is 14.3. The molecule has 3 atom stereocenters. The maximum atomic E-state index is 9.11. The average Bonchev–Trinajstić information content (AvgIpc) is 2.71. The maximum absolute atomic E-state index is 9.11. The lowest BCUT2D eigenvalue weighted by Gasteiger charge is -2.38. The van der Waals surface area contributed by atoms with E-state index in [1.165, 1.54) is 19.4 Å². The number of aliphatic hydroxyl groups is 1. The Morgan fingerprint density at radius 2 is 2.22 bits per heavy atom. The monoisotopic (exact) mass is 257 g/mol. The first-order valence-electron chi connectivity index (χ1n) is 7.19. The SMILES string of the molecule is CC(C)N1CCCC(CC2(C)OCC(CO)O2)C1. The third kappa shape index (κ3) is 3.44. The predicted molar refractivity (Wildman–Crippen MR) is 70.4 cm³/mol. The number of likely N-dealkylation sites (tertiary alicyclic amines) is 1. The van der Waals surface area contributed by atoms with Gasteiger partial charge in [-0.25, -0.2) is 0 Å². The van der Waals surface area contributed by atoms with E-state index in [1.807, 2.05) is 6.92 Å². The van der Waals surface area contributed by atoms with Gasteiger partial charge in [-0.1, -0.05) is 0 Å². The summed E-state index contributed by atoms with van der Waals surface area (Å²) in [5.41, 5.74) is 0. The second-order valence-corrected chi connectivity index (χ2v) is 6.17. The Labute approximate surface area is 110 Å². The normalized spacial score (nSPS) is 38.5. The molecular weight excluding hydrogens is 230 g/mol. The van der Waals surface area contributed by atoms with Crippen LogP contribution in [0.1, 0.15) is 40.0 Å². The van der Waals surface area contributed by atoms with E-state index in [0.29, 0.717) is 18.6 Å². The van der Waals surface area contributed by atoms with Crippen LogP contribution in [-0.4, -0.2) is 54.2 Å². The Morgan fingerprint density at radius 1 is 1.44 bits per heavy atom. The summed E-state index contributed by atoms with van der Waals surface area (Å²) >= 11 is 0. The highest BCUT2D eigenvalue weighted by molar-refractivity contribution is 4.82. The van der Waals surface area contributed by atoms with Crippen LogP contribution >= 0.6 is 0 Å². The molecule has 0 aromatic carbocycles. The Morgan fingerprint density at radius 3 is 2.83 bits per heavy atom. The Bertz CT molecular complexity index is 272. The molecule has 18 heavy (non-hydrogen) atoms. The molecule has 4 nitrogen and oxygen atoms in total. The topological polar surface area (TPSA) is 41.9 Å². The molecule has 2 rings (SSSR count). The van der Waals surface area contributed by atoms with Gasteiger partial charge < -0.3 is 19.5 Å². The van der Waals surface area contributed by atoms with Crippen molar-refractivity contribution in [2.45, 2.75) is 58.0 Å². The van der Waals surface area contributed by atoms with E-state index in [-0.39, 0.29) is 12.7 Å². The van der Waals surface area contributed by atoms with Gasteiger partial charge in [-0.15, -0.1) is 0 Å². The van der Waals surface area contributed by atoms with E-state index in [9.17, 15) is 0 Å². The molecule has 1 N–H and O–H groups in total. The molecule has 2 aliphatic rings. The van der Waals surface area contributed by atoms with Gasteiger partial charge in [0.25, 0.3) is 0 Å². The number of aliphatic hydroxyl groups excluding tert-OH is 1. The minimum absolute atomic E-state index is 0.0539. The summed E-state index contributed by atoms with van der Waals surface area (Å²) in [6, 6.07) is 0.621. The van der Waals surface area contributed by atoms with Crippen LogP contribution in [0.25, 0.3) is 0 Å². The molecule has 0 spiro atoms. The molecule has 0 aromatic rings. The Hall–Kier alpha value is -0.160. The number of nitrogens with zero attached hydrogens (tertiary/aromatic N) is 1. The molecule has 106 valence electrons. The second-order valence-electron chi connectivity index (χ2n) is 6.17. The molecule has 0 aliphatic carbocycles. The number of piperidine rings is 1. The van der Waals surface area contributed by atoms with Crippen LogP contribution < -0.4 is 0 Å². The van der Waals surface area contributed by atoms with Crippen LogP contribution in [0.4, 0.5) is 0 Å². The fourth-order valence-corrected chi connectivity index (χ4v) is 3.14. The van der Waals surface area contributed by atoms with E-state index < -0.39 is 5.79 Å². The fraction of sp³-hybridized carbons (Fsp3) is 1.00. The third-order valence-corrected chi connectivity index (χ3v) is 4.13. The van der Waals surface area contributed by atoms with E-state index in [2.05, 4.69) is 18.7 Å². The van der Waals surface area contributed by atoms with Gasteiger partial charge in [0.05, 0.1) is 13.2 Å². The summed E-state index contributed by atoms with van der Waals surface area (Å²) in [4.78, 5) is 2.54. The molecule has 0 bridgehead atoms. The summed E-state index contributed by atoms with van der Waals surface area (Å²) in [5.74, 6) is 0.154. The van der Waals surface area contributed by atoms with E-state index in [4.69, 9.17) is 14.6 Å². The molecular formula is C14H27NO3. The van der Waals surface area contributed by atoms with Crippen molar-refractivity contribution < 1.29 is 14.6 Å². The number of hydrogen-bond donors (Lipinski definition) is 1. The van der Waals surface area contributed by atoms with Crippen molar-refractivity contribution in [1.29, 1.82) is 0 Å². The van der Waals surface area contributed by atoms with Crippen molar-refractivity contribution >= 4 is 0 Å². The molecule has 0 aromatic heterocycles. The summed E-state index contributed by atoms with van der Waals surface area (Å²) in [5, 5.41) is 9.11. The lowest BCUT2D eigenvalue weighted by atomic mass is 9.90. The summed E-state index contributed by atoms with van der Waals surface area (Å²) in [7, 11) is 0. The van der Waals surface area contributed by atoms with Gasteiger partial charge in [-0.2, -0.15) is 0 Å². The van der Waals surface area contributed by atoms with Crippen LogP contribution in [0.3, 0.4) is 0 Å². The third-order valence-electron chi connectivity index (χ3n) is 4.13. The van der Waals surface area contributed by atoms with Gasteiger partial charge in [0, 0.05) is 19.0 Å². The van der Waals surface area contributed by atoms with Gasteiger partial charge in [-0.05, 0) is 46.1 Å². The largest absolute Gasteiger partial charge is 0.394 e. The minimum Gasteiger partial charge on any atom is -0.394 e. The molecule has 2 fully saturated rings. The van der Waals surface area contributed by atoms with Crippen LogP contribution in [0, 0.1) is 5.92 Å². The average molecular weight is 257 g/mol. The molecule has 0 saturated carbocycles. The highest BCUT2D eigenvalue weighted by atomic mass is 16.7. The molecule has 4 heteroatoms. The highest BCUT2D eigenvalue weighted by Gasteiger charge is 2.39. The quantitative estimate of drug-likeness (QED) is 0.831. The highest BCUT2D eigenvalue weighted by Crippen LogP contribution is 2.33. The molecule has 2 aliphatic heterocycles. The van der Waals surface area contributed by atoms with Gasteiger partial charge in [0.2, 0.25) is 0 Å². The smallest absolute Gasteiger partial charge is 0.166 e. The van der Waals surface area contributed by atoms with Crippen molar-refractivity contribution in [3.05, 3.63) is 0 Å². The zero-order valence-corrected chi connectivity index (χ0v) is 11.9. The number of rotatable bonds is 4. The van der Waals surface area contributed by atoms with Crippen LogP contribution in [0.5, 0.6) is 0 Å². The number of hydrogen-bond acceptors (Lipinski definition) is 4. The standard InChI is InChI=1S/C14H27NO3/c1-11(2)15-6-4-5-12(8-15)7-14(3)17-10-13(9-16)18-14/h11-13,16H,4-10H2,1-3H3. The van der Waals surface area contributed by atoms with E-state index in [1.54, 1.807) is 0 Å². The molecule has 3 unspecified atom stereocenters. The van der Waals surface area contributed by atoms with Gasteiger partial charge >= 0.3 is 0 Å². The minimum atomic E-state index is -0.488. The van der Waals surface area contributed by atoms with Crippen molar-refractivity contribution in [1.82, 2.24) is 4.90 Å². The van der Waals surface area contributed by atoms with E-state index in [0.717, 1.165) is 13.0 Å². The van der Waals surface area contributed by atoms with Crippen LogP contribution in [0.15, 0.2) is 0 Å². The first-order valence-corrected chi connectivity index (χ1v) is 7.19. The molecule has 0 amide bonds. The van der Waals surface area contributed by atoms with Crippen LogP contribution in [0.2, 0.25) is 0 Å². The lowest BCUT2D eigenvalue weighted by molar-refractivity contribution is -0.172. The Kier molecular flexibility index (Phi) is 4.64. The van der Waals surface area contributed by atoms with Gasteiger partial charge in [-0.3, -0.25) is 0 Å².